The van der Waals surface area contributed by atoms with Crippen molar-refractivity contribution < 1.29 is 9.84 Å². The van der Waals surface area contributed by atoms with E-state index in [1.54, 1.807) is 19.2 Å². The molecule has 2 aromatic carbocycles. The van der Waals surface area contributed by atoms with Crippen LogP contribution in [0.3, 0.4) is 0 Å². The molecular formula is C22H31N3O2. The molecule has 0 aliphatic rings. The van der Waals surface area contributed by atoms with E-state index in [1.165, 1.54) is 5.56 Å². The van der Waals surface area contributed by atoms with E-state index in [0.29, 0.717) is 11.7 Å². The Kier molecular flexibility index (Phi) is 8.49. The number of phenols is 1. The molecule has 5 nitrogen and oxygen atoms in total. The Morgan fingerprint density at radius 1 is 1.15 bits per heavy atom. The summed E-state index contributed by atoms with van der Waals surface area (Å²) in [6, 6.07) is 15.6. The largest absolute Gasteiger partial charge is 0.508 e. The van der Waals surface area contributed by atoms with Gasteiger partial charge in [0.05, 0.1) is 7.11 Å². The molecule has 0 fully saturated rings. The van der Waals surface area contributed by atoms with Crippen molar-refractivity contribution in [1.29, 1.82) is 0 Å². The Hall–Kier alpha value is -2.69. The van der Waals surface area contributed by atoms with Crippen LogP contribution in [0.2, 0.25) is 0 Å². The van der Waals surface area contributed by atoms with E-state index >= 15 is 0 Å². The Morgan fingerprint density at radius 3 is 2.59 bits per heavy atom. The Labute approximate surface area is 162 Å². The van der Waals surface area contributed by atoms with Crippen molar-refractivity contribution in [1.82, 2.24) is 10.6 Å². The fourth-order valence-electron chi connectivity index (χ4n) is 2.85. The minimum Gasteiger partial charge on any atom is -0.508 e. The smallest absolute Gasteiger partial charge is 0.191 e. The second-order valence-electron chi connectivity index (χ2n) is 6.57. The summed E-state index contributed by atoms with van der Waals surface area (Å²) < 4.78 is 5.21. The molecule has 0 aromatic heterocycles. The van der Waals surface area contributed by atoms with E-state index in [4.69, 9.17) is 4.74 Å². The van der Waals surface area contributed by atoms with E-state index in [2.05, 4.69) is 41.6 Å². The molecule has 1 atom stereocenters. The van der Waals surface area contributed by atoms with E-state index in [0.717, 1.165) is 49.7 Å². The van der Waals surface area contributed by atoms with Gasteiger partial charge in [-0.1, -0.05) is 31.2 Å². The topological polar surface area (TPSA) is 65.9 Å². The van der Waals surface area contributed by atoms with Crippen molar-refractivity contribution in [3.63, 3.8) is 0 Å². The van der Waals surface area contributed by atoms with Crippen LogP contribution in [0.5, 0.6) is 11.5 Å². The number of nitrogens with one attached hydrogen (secondary N) is 2. The van der Waals surface area contributed by atoms with Crippen LogP contribution < -0.4 is 15.4 Å². The van der Waals surface area contributed by atoms with E-state index in [-0.39, 0.29) is 0 Å². The number of benzene rings is 2. The van der Waals surface area contributed by atoms with Gasteiger partial charge in [0.15, 0.2) is 5.96 Å². The average Bonchev–Trinajstić information content (AvgIpc) is 2.68. The highest BCUT2D eigenvalue weighted by molar-refractivity contribution is 5.79. The summed E-state index contributed by atoms with van der Waals surface area (Å²) in [5.74, 6) is 2.46. The van der Waals surface area contributed by atoms with Gasteiger partial charge in [-0.15, -0.1) is 0 Å². The van der Waals surface area contributed by atoms with Gasteiger partial charge in [-0.25, -0.2) is 0 Å². The van der Waals surface area contributed by atoms with E-state index in [1.807, 2.05) is 24.3 Å². The zero-order chi connectivity index (χ0) is 19.5. The van der Waals surface area contributed by atoms with Crippen LogP contribution in [0.15, 0.2) is 53.5 Å². The first-order valence-corrected chi connectivity index (χ1v) is 9.56. The molecular weight excluding hydrogens is 338 g/mol. The molecule has 0 heterocycles. The number of ether oxygens (including phenoxy) is 1. The Bertz CT molecular complexity index is 714. The zero-order valence-corrected chi connectivity index (χ0v) is 16.5. The molecule has 0 aliphatic carbocycles. The highest BCUT2D eigenvalue weighted by atomic mass is 16.5. The standard InChI is InChI=1S/C22H31N3O2/c1-4-23-22(25-15-13-18-6-5-7-20(26)16-18)24-14-12-17(2)19-8-10-21(27-3)11-9-19/h5-11,16-17,26H,4,12-15H2,1-3H3,(H2,23,24,25). The van der Waals surface area contributed by atoms with Gasteiger partial charge in [0.2, 0.25) is 0 Å². The first-order chi connectivity index (χ1) is 13.1. The molecule has 0 saturated carbocycles. The van der Waals surface area contributed by atoms with Crippen molar-refractivity contribution in [2.75, 3.05) is 26.7 Å². The number of aliphatic imine (C=N–C) groups is 1. The molecule has 0 aliphatic heterocycles. The molecule has 3 N–H and O–H groups in total. The van der Waals surface area contributed by atoms with Crippen LogP contribution in [0, 0.1) is 0 Å². The van der Waals surface area contributed by atoms with Crippen LogP contribution in [-0.2, 0) is 6.42 Å². The van der Waals surface area contributed by atoms with Crippen molar-refractivity contribution in [2.24, 2.45) is 4.99 Å². The van der Waals surface area contributed by atoms with Gasteiger partial charge in [-0.05, 0) is 61.1 Å². The second-order valence-corrected chi connectivity index (χ2v) is 6.57. The van der Waals surface area contributed by atoms with E-state index < -0.39 is 0 Å². The van der Waals surface area contributed by atoms with Gasteiger partial charge < -0.3 is 20.5 Å². The van der Waals surface area contributed by atoms with Crippen molar-refractivity contribution in [3.05, 3.63) is 59.7 Å². The molecule has 146 valence electrons. The molecule has 2 aromatic rings. The van der Waals surface area contributed by atoms with E-state index in [9.17, 15) is 5.11 Å². The quantitative estimate of drug-likeness (QED) is 0.466. The SMILES string of the molecule is CCNC(=NCCC(C)c1ccc(OC)cc1)NCCc1cccc(O)c1. The molecule has 0 saturated heterocycles. The number of aromatic hydroxyl groups is 1. The molecule has 0 amide bonds. The lowest BCUT2D eigenvalue weighted by Gasteiger charge is -2.14. The third-order valence-corrected chi connectivity index (χ3v) is 4.48. The summed E-state index contributed by atoms with van der Waals surface area (Å²) >= 11 is 0. The van der Waals surface area contributed by atoms with Gasteiger partial charge in [-0.2, -0.15) is 0 Å². The van der Waals surface area contributed by atoms with Gasteiger partial charge in [-0.3, -0.25) is 4.99 Å². The number of nitrogens with zero attached hydrogens (tertiary/aromatic N) is 1. The van der Waals surface area contributed by atoms with Crippen LogP contribution in [0.4, 0.5) is 0 Å². The fourth-order valence-corrected chi connectivity index (χ4v) is 2.85. The fraction of sp³-hybridized carbons (Fsp3) is 0.409. The molecule has 27 heavy (non-hydrogen) atoms. The predicted octanol–water partition coefficient (Wildman–Crippen LogP) is 3.69. The molecule has 0 radical (unpaired) electrons. The lowest BCUT2D eigenvalue weighted by Crippen LogP contribution is -2.38. The summed E-state index contributed by atoms with van der Waals surface area (Å²) in [4.78, 5) is 4.68. The summed E-state index contributed by atoms with van der Waals surface area (Å²) in [5, 5.41) is 16.2. The molecule has 0 spiro atoms. The maximum absolute atomic E-state index is 9.53. The van der Waals surface area contributed by atoms with Crippen molar-refractivity contribution >= 4 is 5.96 Å². The van der Waals surface area contributed by atoms with Crippen LogP contribution >= 0.6 is 0 Å². The summed E-state index contributed by atoms with van der Waals surface area (Å²) in [5.41, 5.74) is 2.40. The van der Waals surface area contributed by atoms with Crippen LogP contribution in [0.1, 0.15) is 37.3 Å². The highest BCUT2D eigenvalue weighted by Crippen LogP contribution is 2.21. The first kappa shape index (κ1) is 20.6. The molecule has 1 unspecified atom stereocenters. The minimum atomic E-state index is 0.306. The Balaban J connectivity index is 1.81. The number of methoxy groups -OCH3 is 1. The summed E-state index contributed by atoms with van der Waals surface area (Å²) in [7, 11) is 1.68. The summed E-state index contributed by atoms with van der Waals surface area (Å²) in [6.07, 6.45) is 1.82. The van der Waals surface area contributed by atoms with Crippen molar-refractivity contribution in [3.8, 4) is 11.5 Å². The third-order valence-electron chi connectivity index (χ3n) is 4.48. The van der Waals surface area contributed by atoms with Gasteiger partial charge in [0, 0.05) is 19.6 Å². The van der Waals surface area contributed by atoms with Gasteiger partial charge in [0.25, 0.3) is 0 Å². The lowest BCUT2D eigenvalue weighted by atomic mass is 9.98. The molecule has 5 heteroatoms. The predicted molar refractivity (Wildman–Crippen MR) is 112 cm³/mol. The highest BCUT2D eigenvalue weighted by Gasteiger charge is 2.06. The average molecular weight is 370 g/mol. The van der Waals surface area contributed by atoms with Crippen LogP contribution in [0.25, 0.3) is 0 Å². The number of phenolic OH excluding ortho intramolecular Hbond substituents is 1. The van der Waals surface area contributed by atoms with Gasteiger partial charge >= 0.3 is 0 Å². The zero-order valence-electron chi connectivity index (χ0n) is 16.5. The second kappa shape index (κ2) is 11.1. The monoisotopic (exact) mass is 369 g/mol. The molecule has 2 rings (SSSR count). The number of hydrogen-bond acceptors (Lipinski definition) is 3. The molecule has 0 bridgehead atoms. The Morgan fingerprint density at radius 2 is 1.93 bits per heavy atom. The first-order valence-electron chi connectivity index (χ1n) is 9.56. The lowest BCUT2D eigenvalue weighted by molar-refractivity contribution is 0.414. The maximum atomic E-state index is 9.53. The third kappa shape index (κ3) is 7.21. The number of rotatable bonds is 9. The number of hydrogen-bond donors (Lipinski definition) is 3. The number of guanidine groups is 1. The maximum Gasteiger partial charge on any atom is 0.191 e. The van der Waals surface area contributed by atoms with Crippen molar-refractivity contribution in [2.45, 2.75) is 32.6 Å². The van der Waals surface area contributed by atoms with Crippen LogP contribution in [-0.4, -0.2) is 37.8 Å². The van der Waals surface area contributed by atoms with Gasteiger partial charge in [0.1, 0.15) is 11.5 Å². The summed E-state index contributed by atoms with van der Waals surface area (Å²) in [6.45, 7) is 6.63. The minimum absolute atomic E-state index is 0.306. The normalized spacial score (nSPS) is 12.5.